The van der Waals surface area contributed by atoms with Gasteiger partial charge in [0, 0.05) is 17.6 Å². The Hall–Kier alpha value is -3.37. The highest BCUT2D eigenvalue weighted by Crippen LogP contribution is 2.24. The fraction of sp³-hybridized carbons (Fsp3) is 0.0500. The van der Waals surface area contributed by atoms with Gasteiger partial charge in [-0.1, -0.05) is 36.4 Å². The number of nitrogens with one attached hydrogen (secondary N) is 3. The van der Waals surface area contributed by atoms with Crippen LogP contribution in [0.3, 0.4) is 0 Å². The lowest BCUT2D eigenvalue weighted by molar-refractivity contribution is 0.262. The molecular weight excluding hydrogens is 426 g/mol. The molecule has 2 amide bonds. The number of hydrogen-bond donors (Lipinski definition) is 3. The molecule has 3 aromatic rings. The van der Waals surface area contributed by atoms with E-state index >= 15 is 0 Å². The summed E-state index contributed by atoms with van der Waals surface area (Å²) in [5, 5.41) is 5.26. The molecule has 0 aliphatic heterocycles. The first-order valence-corrected chi connectivity index (χ1v) is 12.1. The zero-order chi connectivity index (χ0) is 21.8. The molecule has 0 radical (unpaired) electrons. The Morgan fingerprint density at radius 1 is 0.667 bits per heavy atom. The second-order valence-corrected chi connectivity index (χ2v) is 9.99. The molecule has 10 heteroatoms. The second-order valence-electron chi connectivity index (χ2n) is 6.35. The summed E-state index contributed by atoms with van der Waals surface area (Å²) in [6.07, 6.45) is 0.942. The SMILES string of the molecule is CS(=O)(=O)c1ccccc1S(=O)(=O)Nc1cccc(NC(=O)Nc2ccccc2)c1. The Balaban J connectivity index is 1.79. The third-order valence-corrected chi connectivity index (χ3v) is 6.67. The summed E-state index contributed by atoms with van der Waals surface area (Å²) < 4.78 is 51.7. The number of para-hydroxylation sites is 1. The maximum atomic E-state index is 12.8. The smallest absolute Gasteiger partial charge is 0.308 e. The highest BCUT2D eigenvalue weighted by Gasteiger charge is 2.23. The third kappa shape index (κ3) is 5.37. The van der Waals surface area contributed by atoms with Crippen molar-refractivity contribution in [1.82, 2.24) is 0 Å². The lowest BCUT2D eigenvalue weighted by Crippen LogP contribution is -2.20. The van der Waals surface area contributed by atoms with E-state index in [4.69, 9.17) is 0 Å². The van der Waals surface area contributed by atoms with Crippen LogP contribution in [0.25, 0.3) is 0 Å². The third-order valence-electron chi connectivity index (χ3n) is 3.94. The van der Waals surface area contributed by atoms with Gasteiger partial charge in [0.15, 0.2) is 9.84 Å². The van der Waals surface area contributed by atoms with Crippen molar-refractivity contribution >= 4 is 43.0 Å². The molecule has 0 aromatic heterocycles. The molecule has 3 rings (SSSR count). The van der Waals surface area contributed by atoms with Crippen LogP contribution in [-0.2, 0) is 19.9 Å². The Morgan fingerprint density at radius 3 is 1.87 bits per heavy atom. The Bertz CT molecular complexity index is 1270. The van der Waals surface area contributed by atoms with E-state index in [1.165, 1.54) is 36.4 Å². The van der Waals surface area contributed by atoms with Gasteiger partial charge in [-0.05, 0) is 42.5 Å². The van der Waals surface area contributed by atoms with E-state index in [2.05, 4.69) is 15.4 Å². The fourth-order valence-electron chi connectivity index (χ4n) is 2.66. The highest BCUT2D eigenvalue weighted by molar-refractivity contribution is 7.95. The van der Waals surface area contributed by atoms with Gasteiger partial charge >= 0.3 is 6.03 Å². The van der Waals surface area contributed by atoms with Crippen LogP contribution in [0.1, 0.15) is 0 Å². The molecule has 0 fully saturated rings. The summed E-state index contributed by atoms with van der Waals surface area (Å²) in [5.74, 6) is 0. The summed E-state index contributed by atoms with van der Waals surface area (Å²) >= 11 is 0. The van der Waals surface area contributed by atoms with E-state index < -0.39 is 25.9 Å². The van der Waals surface area contributed by atoms with Gasteiger partial charge in [-0.2, -0.15) is 0 Å². The standard InChI is InChI=1S/C20H19N3O5S2/c1-29(25,26)18-12-5-6-13-19(18)30(27,28)23-17-11-7-10-16(14-17)22-20(24)21-15-8-3-2-4-9-15/h2-14,23H,1H3,(H2,21,22,24). The van der Waals surface area contributed by atoms with E-state index in [0.29, 0.717) is 11.4 Å². The van der Waals surface area contributed by atoms with Crippen LogP contribution < -0.4 is 15.4 Å². The molecule has 0 saturated carbocycles. The van der Waals surface area contributed by atoms with Crippen molar-refractivity contribution in [2.45, 2.75) is 9.79 Å². The van der Waals surface area contributed by atoms with Gasteiger partial charge in [0.2, 0.25) is 0 Å². The van der Waals surface area contributed by atoms with E-state index in [1.54, 1.807) is 36.4 Å². The summed E-state index contributed by atoms with van der Waals surface area (Å²) in [6, 6.07) is 19.7. The zero-order valence-corrected chi connectivity index (χ0v) is 17.5. The number of hydrogen-bond acceptors (Lipinski definition) is 5. The average Bonchev–Trinajstić information content (AvgIpc) is 2.68. The normalized spacial score (nSPS) is 11.5. The molecule has 0 unspecified atom stereocenters. The van der Waals surface area contributed by atoms with Crippen LogP contribution in [0.5, 0.6) is 0 Å². The molecule has 0 aliphatic carbocycles. The van der Waals surface area contributed by atoms with Crippen LogP contribution >= 0.6 is 0 Å². The molecule has 30 heavy (non-hydrogen) atoms. The molecule has 0 spiro atoms. The first-order chi connectivity index (χ1) is 14.1. The largest absolute Gasteiger partial charge is 0.323 e. The lowest BCUT2D eigenvalue weighted by atomic mass is 10.3. The highest BCUT2D eigenvalue weighted by atomic mass is 32.2. The quantitative estimate of drug-likeness (QED) is 0.536. The summed E-state index contributed by atoms with van der Waals surface area (Å²) in [6.45, 7) is 0. The Kier molecular flexibility index (Phi) is 6.09. The van der Waals surface area contributed by atoms with Crippen LogP contribution in [0.4, 0.5) is 21.9 Å². The van der Waals surface area contributed by atoms with Crippen LogP contribution in [0.2, 0.25) is 0 Å². The number of carbonyl (C=O) groups is 1. The number of carbonyl (C=O) groups excluding carboxylic acids is 1. The van der Waals surface area contributed by atoms with Crippen molar-refractivity contribution in [3.8, 4) is 0 Å². The average molecular weight is 446 g/mol. The number of urea groups is 1. The van der Waals surface area contributed by atoms with Crippen molar-refractivity contribution in [1.29, 1.82) is 0 Å². The van der Waals surface area contributed by atoms with E-state index in [1.807, 2.05) is 6.07 Å². The minimum atomic E-state index is -4.18. The molecule has 3 N–H and O–H groups in total. The van der Waals surface area contributed by atoms with Crippen molar-refractivity contribution in [2.24, 2.45) is 0 Å². The molecule has 0 atom stereocenters. The van der Waals surface area contributed by atoms with Gasteiger partial charge in [-0.25, -0.2) is 21.6 Å². The lowest BCUT2D eigenvalue weighted by Gasteiger charge is -2.13. The summed E-state index contributed by atoms with van der Waals surface area (Å²) in [4.78, 5) is 11.5. The Morgan fingerprint density at radius 2 is 1.20 bits per heavy atom. The van der Waals surface area contributed by atoms with Crippen molar-refractivity contribution < 1.29 is 21.6 Å². The molecule has 0 bridgehead atoms. The van der Waals surface area contributed by atoms with Crippen LogP contribution in [-0.4, -0.2) is 29.1 Å². The minimum Gasteiger partial charge on any atom is -0.308 e. The van der Waals surface area contributed by atoms with Crippen molar-refractivity contribution in [2.75, 3.05) is 21.6 Å². The number of benzene rings is 3. The predicted octanol–water partition coefficient (Wildman–Crippen LogP) is 3.53. The molecule has 0 heterocycles. The maximum Gasteiger partial charge on any atom is 0.323 e. The topological polar surface area (TPSA) is 121 Å². The monoisotopic (exact) mass is 445 g/mol. The van der Waals surface area contributed by atoms with E-state index in [-0.39, 0.29) is 15.5 Å². The number of sulfone groups is 1. The first kappa shape index (κ1) is 21.3. The minimum absolute atomic E-state index is 0.163. The second kappa shape index (κ2) is 8.56. The van der Waals surface area contributed by atoms with Gasteiger partial charge in [0.25, 0.3) is 10.0 Å². The first-order valence-electron chi connectivity index (χ1n) is 8.70. The van der Waals surface area contributed by atoms with E-state index in [9.17, 15) is 21.6 Å². The molecule has 8 nitrogen and oxygen atoms in total. The molecule has 0 saturated heterocycles. The number of rotatable bonds is 6. The predicted molar refractivity (Wildman–Crippen MR) is 116 cm³/mol. The van der Waals surface area contributed by atoms with Gasteiger partial charge in [0.1, 0.15) is 4.90 Å². The number of amides is 2. The van der Waals surface area contributed by atoms with Gasteiger partial charge < -0.3 is 10.6 Å². The summed E-state index contributed by atoms with van der Waals surface area (Å²) in [7, 11) is -7.93. The molecule has 3 aromatic carbocycles. The number of anilines is 3. The Labute approximate surface area is 174 Å². The van der Waals surface area contributed by atoms with Gasteiger partial charge in [-0.3, -0.25) is 4.72 Å². The fourth-order valence-corrected chi connectivity index (χ4v) is 5.34. The molecule has 156 valence electrons. The van der Waals surface area contributed by atoms with E-state index in [0.717, 1.165) is 6.26 Å². The maximum absolute atomic E-state index is 12.8. The van der Waals surface area contributed by atoms with Crippen molar-refractivity contribution in [3.05, 3.63) is 78.9 Å². The van der Waals surface area contributed by atoms with Crippen LogP contribution in [0.15, 0.2) is 88.7 Å². The van der Waals surface area contributed by atoms with Crippen molar-refractivity contribution in [3.63, 3.8) is 0 Å². The summed E-state index contributed by atoms with van der Waals surface area (Å²) in [5.41, 5.74) is 1.11. The van der Waals surface area contributed by atoms with Gasteiger partial charge in [0.05, 0.1) is 10.6 Å². The molecular formula is C20H19N3O5S2. The zero-order valence-electron chi connectivity index (χ0n) is 15.9. The van der Waals surface area contributed by atoms with Gasteiger partial charge in [-0.15, -0.1) is 0 Å². The number of sulfonamides is 1. The molecule has 0 aliphatic rings. The van der Waals surface area contributed by atoms with Crippen LogP contribution in [0, 0.1) is 0 Å².